The van der Waals surface area contributed by atoms with Crippen molar-refractivity contribution in [2.24, 2.45) is 13.0 Å². The van der Waals surface area contributed by atoms with Crippen LogP contribution in [0.1, 0.15) is 25.3 Å². The second kappa shape index (κ2) is 8.47. The van der Waals surface area contributed by atoms with Gasteiger partial charge in [0.25, 0.3) is 0 Å². The van der Waals surface area contributed by atoms with Crippen molar-refractivity contribution in [3.63, 3.8) is 0 Å². The molecule has 0 spiro atoms. The van der Waals surface area contributed by atoms with Crippen LogP contribution in [-0.4, -0.2) is 46.4 Å². The molecule has 0 amide bonds. The van der Waals surface area contributed by atoms with Crippen LogP contribution < -0.4 is 0 Å². The molecule has 23 heavy (non-hydrogen) atoms. The van der Waals surface area contributed by atoms with Crippen molar-refractivity contribution in [2.75, 3.05) is 19.8 Å². The van der Waals surface area contributed by atoms with Crippen LogP contribution in [0.2, 0.25) is 5.15 Å². The molecule has 0 saturated carbocycles. The maximum absolute atomic E-state index is 12.2. The van der Waals surface area contributed by atoms with Crippen molar-refractivity contribution >= 4 is 23.5 Å². The van der Waals surface area contributed by atoms with Crippen molar-refractivity contribution in [2.45, 2.75) is 19.8 Å². The predicted octanol–water partition coefficient (Wildman–Crippen LogP) is 1.18. The molecule has 0 radical (unpaired) electrons. The van der Waals surface area contributed by atoms with Gasteiger partial charge in [0.15, 0.2) is 5.92 Å². The third kappa shape index (κ3) is 4.65. The smallest absolute Gasteiger partial charge is 0.321 e. The summed E-state index contributed by atoms with van der Waals surface area (Å²) in [6, 6.07) is 0. The molecule has 1 aromatic rings. The number of aryl methyl sites for hydroxylation is 1. The minimum Gasteiger partial charge on any atom is -0.465 e. The molecule has 0 aliphatic carbocycles. The molecule has 1 aromatic heterocycles. The van der Waals surface area contributed by atoms with Crippen LogP contribution in [-0.2, 0) is 26.1 Å². The van der Waals surface area contributed by atoms with Gasteiger partial charge in [-0.25, -0.2) is 0 Å². The zero-order valence-corrected chi connectivity index (χ0v) is 13.8. The number of ether oxygens (including phenoxy) is 2. The van der Waals surface area contributed by atoms with Gasteiger partial charge in [-0.1, -0.05) is 11.6 Å². The molecule has 9 nitrogen and oxygen atoms in total. The lowest BCUT2D eigenvalue weighted by Gasteiger charge is -2.20. The number of aromatic nitrogens is 2. The molecule has 0 fully saturated rings. The Morgan fingerprint density at radius 2 is 1.87 bits per heavy atom. The van der Waals surface area contributed by atoms with Crippen molar-refractivity contribution in [1.29, 1.82) is 0 Å². The Morgan fingerprint density at radius 1 is 1.35 bits per heavy atom. The van der Waals surface area contributed by atoms with E-state index in [-0.39, 0.29) is 23.9 Å². The summed E-state index contributed by atoms with van der Waals surface area (Å²) >= 11 is 6.07. The summed E-state index contributed by atoms with van der Waals surface area (Å²) in [6.45, 7) is 2.51. The number of nitrogens with zero attached hydrogens (tertiary/aromatic N) is 3. The van der Waals surface area contributed by atoms with Gasteiger partial charge >= 0.3 is 11.9 Å². The van der Waals surface area contributed by atoms with Gasteiger partial charge in [0.1, 0.15) is 5.15 Å². The van der Waals surface area contributed by atoms with E-state index in [1.807, 2.05) is 0 Å². The van der Waals surface area contributed by atoms with Crippen molar-refractivity contribution in [1.82, 2.24) is 9.78 Å². The number of hydrogen-bond acceptors (Lipinski definition) is 7. The summed E-state index contributed by atoms with van der Waals surface area (Å²) < 4.78 is 11.0. The van der Waals surface area contributed by atoms with E-state index in [9.17, 15) is 19.7 Å². The second-order valence-corrected chi connectivity index (χ2v) is 4.98. The summed E-state index contributed by atoms with van der Waals surface area (Å²) in [4.78, 5) is 34.7. The number of nitro groups is 1. The highest BCUT2D eigenvalue weighted by atomic mass is 35.5. The molecule has 0 N–H and O–H groups in total. The maximum atomic E-state index is 12.2. The molecular formula is C13H18ClN3O6. The molecule has 0 saturated heterocycles. The number of rotatable bonds is 8. The number of carbonyl (C=O) groups is 2. The largest absolute Gasteiger partial charge is 0.465 e. The topological polar surface area (TPSA) is 114 Å². The maximum Gasteiger partial charge on any atom is 0.321 e. The Morgan fingerprint density at radius 3 is 2.22 bits per heavy atom. The highest BCUT2D eigenvalue weighted by Gasteiger charge is 2.43. The molecular weight excluding hydrogens is 330 g/mol. The van der Waals surface area contributed by atoms with Gasteiger partial charge in [-0.15, -0.1) is 0 Å². The van der Waals surface area contributed by atoms with Crippen molar-refractivity contribution in [3.8, 4) is 0 Å². The lowest BCUT2D eigenvalue weighted by Crippen LogP contribution is -2.36. The van der Waals surface area contributed by atoms with Gasteiger partial charge in [0.05, 0.1) is 25.3 Å². The Kier molecular flexibility index (Phi) is 6.95. The molecule has 1 rings (SSSR count). The first-order valence-corrected chi connectivity index (χ1v) is 7.33. The number of halogens is 1. The molecule has 0 aliphatic heterocycles. The molecule has 0 unspecified atom stereocenters. The first kappa shape index (κ1) is 18.9. The average molecular weight is 348 g/mol. The second-order valence-electron chi connectivity index (χ2n) is 4.62. The highest BCUT2D eigenvalue weighted by Crippen LogP contribution is 2.32. The molecule has 0 aromatic carbocycles. The lowest BCUT2D eigenvalue weighted by molar-refractivity contribution is -0.484. The first-order chi connectivity index (χ1) is 10.8. The van der Waals surface area contributed by atoms with E-state index >= 15 is 0 Å². The van der Waals surface area contributed by atoms with E-state index in [1.165, 1.54) is 10.9 Å². The lowest BCUT2D eigenvalue weighted by atomic mass is 9.87. The Hall–Kier alpha value is -2.16. The monoisotopic (exact) mass is 347 g/mol. The van der Waals surface area contributed by atoms with Gasteiger partial charge in [-0.3, -0.25) is 24.4 Å². The zero-order valence-electron chi connectivity index (χ0n) is 13.0. The van der Waals surface area contributed by atoms with Gasteiger partial charge in [-0.2, -0.15) is 5.10 Å². The molecule has 128 valence electrons. The van der Waals surface area contributed by atoms with Crippen LogP contribution >= 0.6 is 11.6 Å². The third-order valence-electron chi connectivity index (χ3n) is 3.12. The summed E-state index contributed by atoms with van der Waals surface area (Å²) in [7, 11) is 1.54. The first-order valence-electron chi connectivity index (χ1n) is 6.95. The summed E-state index contributed by atoms with van der Waals surface area (Å²) in [6.07, 6.45) is 1.29. The van der Waals surface area contributed by atoms with Crippen LogP contribution in [0.5, 0.6) is 0 Å². The Labute approximate surface area is 137 Å². The zero-order chi connectivity index (χ0) is 17.6. The summed E-state index contributed by atoms with van der Waals surface area (Å²) in [5.74, 6) is -4.40. The van der Waals surface area contributed by atoms with Crippen LogP contribution in [0.3, 0.4) is 0 Å². The standard InChI is InChI=1S/C13H18ClN3O6/c1-4-22-12(18)10(13(19)23-5-2)9(7-17(20)21)8-6-15-16(3)11(8)14/h6,9-10H,4-5,7H2,1-3H3/t9-/m1/s1. The Balaban J connectivity index is 3.31. The van der Waals surface area contributed by atoms with E-state index in [2.05, 4.69) is 5.10 Å². The SMILES string of the molecule is CCOC(=O)C(C(=O)OCC)[C@H](C[N+](=O)[O-])c1cnn(C)c1Cl. The molecule has 1 heterocycles. The summed E-state index contributed by atoms with van der Waals surface area (Å²) in [5, 5.41) is 15.0. The molecule has 0 bridgehead atoms. The van der Waals surface area contributed by atoms with Crippen LogP contribution in [0.25, 0.3) is 0 Å². The van der Waals surface area contributed by atoms with Crippen LogP contribution in [0.15, 0.2) is 6.20 Å². The predicted molar refractivity (Wildman–Crippen MR) is 79.6 cm³/mol. The third-order valence-corrected chi connectivity index (χ3v) is 3.58. The van der Waals surface area contributed by atoms with E-state index in [4.69, 9.17) is 21.1 Å². The van der Waals surface area contributed by atoms with E-state index in [1.54, 1.807) is 20.9 Å². The van der Waals surface area contributed by atoms with E-state index < -0.39 is 35.2 Å². The van der Waals surface area contributed by atoms with Gasteiger partial charge in [-0.05, 0) is 13.8 Å². The molecule has 1 atom stereocenters. The minimum absolute atomic E-state index is 0.0285. The van der Waals surface area contributed by atoms with Crippen molar-refractivity contribution < 1.29 is 24.0 Å². The molecule has 10 heteroatoms. The van der Waals surface area contributed by atoms with Crippen LogP contribution in [0.4, 0.5) is 0 Å². The fourth-order valence-corrected chi connectivity index (χ4v) is 2.35. The number of hydrogen-bond donors (Lipinski definition) is 0. The van der Waals surface area contributed by atoms with Gasteiger partial charge in [0.2, 0.25) is 6.54 Å². The quantitative estimate of drug-likeness (QED) is 0.300. The van der Waals surface area contributed by atoms with E-state index in [0.717, 1.165) is 0 Å². The van der Waals surface area contributed by atoms with E-state index in [0.29, 0.717) is 0 Å². The number of esters is 2. The molecule has 0 aliphatic rings. The van der Waals surface area contributed by atoms with Crippen molar-refractivity contribution in [3.05, 3.63) is 27.0 Å². The minimum atomic E-state index is -1.48. The summed E-state index contributed by atoms with van der Waals surface area (Å²) in [5.41, 5.74) is 0.219. The van der Waals surface area contributed by atoms with Gasteiger partial charge in [0, 0.05) is 17.5 Å². The Bertz CT molecular complexity index is 570. The fraction of sp³-hybridized carbons (Fsp3) is 0.615. The number of carbonyl (C=O) groups excluding carboxylic acids is 2. The normalized spacial score (nSPS) is 12.0. The average Bonchev–Trinajstić information content (AvgIpc) is 2.78. The van der Waals surface area contributed by atoms with Crippen LogP contribution in [0, 0.1) is 16.0 Å². The highest BCUT2D eigenvalue weighted by molar-refractivity contribution is 6.30. The fourth-order valence-electron chi connectivity index (χ4n) is 2.12. The van der Waals surface area contributed by atoms with Gasteiger partial charge < -0.3 is 9.47 Å².